The summed E-state index contributed by atoms with van der Waals surface area (Å²) < 4.78 is 15.8. The predicted octanol–water partition coefficient (Wildman–Crippen LogP) is 2.11. The topological polar surface area (TPSA) is 93.2 Å². The molecule has 0 saturated carbocycles. The van der Waals surface area contributed by atoms with E-state index in [1.165, 1.54) is 5.56 Å². The fourth-order valence-corrected chi connectivity index (χ4v) is 4.48. The van der Waals surface area contributed by atoms with Crippen molar-refractivity contribution in [2.75, 3.05) is 51.4 Å². The van der Waals surface area contributed by atoms with Crippen molar-refractivity contribution in [2.45, 2.75) is 20.4 Å². The number of hydrogen-bond acceptors (Lipinski definition) is 9. The van der Waals surface area contributed by atoms with E-state index < -0.39 is 5.97 Å². The number of aryl methyl sites for hydroxylation is 1. The number of nitrogens with zero attached hydrogens (tertiary/aromatic N) is 3. The van der Waals surface area contributed by atoms with Crippen molar-refractivity contribution < 1.29 is 23.8 Å². The number of ether oxygens (including phenoxy) is 3. The Morgan fingerprint density at radius 1 is 1.16 bits per heavy atom. The fourth-order valence-electron chi connectivity index (χ4n) is 3.60. The molecular formula is C21H26N4O5S. The van der Waals surface area contributed by atoms with Crippen molar-refractivity contribution in [2.24, 2.45) is 0 Å². The molecule has 0 aliphatic carbocycles. The normalized spacial score (nSPS) is 16.3. The monoisotopic (exact) mass is 446 g/mol. The number of amides is 1. The minimum atomic E-state index is -0.406. The lowest BCUT2D eigenvalue weighted by molar-refractivity contribution is -0.117. The van der Waals surface area contributed by atoms with E-state index in [4.69, 9.17) is 14.2 Å². The van der Waals surface area contributed by atoms with Gasteiger partial charge in [-0.3, -0.25) is 14.6 Å². The lowest BCUT2D eigenvalue weighted by Gasteiger charge is -2.34. The number of hydrogen-bond donors (Lipinski definition) is 1. The molecule has 31 heavy (non-hydrogen) atoms. The molecule has 1 aromatic heterocycles. The quantitative estimate of drug-likeness (QED) is 0.647. The molecule has 2 aromatic rings. The van der Waals surface area contributed by atoms with Crippen molar-refractivity contribution in [1.29, 1.82) is 0 Å². The highest BCUT2D eigenvalue weighted by atomic mass is 32.1. The Bertz CT molecular complexity index is 955. The number of anilines is 1. The minimum Gasteiger partial charge on any atom is -0.462 e. The number of thiazole rings is 1. The molecule has 0 spiro atoms. The van der Waals surface area contributed by atoms with Gasteiger partial charge in [0.25, 0.3) is 0 Å². The van der Waals surface area contributed by atoms with Crippen LogP contribution in [0.4, 0.5) is 5.13 Å². The lowest BCUT2D eigenvalue weighted by Crippen LogP contribution is -2.48. The highest BCUT2D eigenvalue weighted by Crippen LogP contribution is 2.32. The molecule has 0 bridgehead atoms. The lowest BCUT2D eigenvalue weighted by atomic mass is 10.1. The van der Waals surface area contributed by atoms with E-state index in [-0.39, 0.29) is 12.7 Å². The zero-order chi connectivity index (χ0) is 21.8. The molecule has 0 unspecified atom stereocenters. The first-order valence-corrected chi connectivity index (χ1v) is 11.1. The van der Waals surface area contributed by atoms with Gasteiger partial charge in [-0.25, -0.2) is 9.78 Å². The summed E-state index contributed by atoms with van der Waals surface area (Å²) in [5, 5.41) is 3.23. The number of rotatable bonds is 7. The van der Waals surface area contributed by atoms with E-state index in [2.05, 4.69) is 26.2 Å². The molecule has 1 aromatic carbocycles. The Kier molecular flexibility index (Phi) is 6.69. The largest absolute Gasteiger partial charge is 0.462 e. The molecule has 1 saturated heterocycles. The van der Waals surface area contributed by atoms with Gasteiger partial charge in [0.15, 0.2) is 16.6 Å². The van der Waals surface area contributed by atoms with E-state index in [0.717, 1.165) is 55.6 Å². The standard InChI is InChI=1S/C21H26N4O5S/c1-3-28-20(27)19-14(2)22-21(31-19)23-18(26)12-25-8-6-24(7-9-25)11-15-4-5-16-17(10-15)30-13-29-16/h4-5,10H,3,6-9,11-13H2,1-2H3,(H,22,23,26). The molecule has 4 rings (SSSR count). The van der Waals surface area contributed by atoms with E-state index in [9.17, 15) is 9.59 Å². The Balaban J connectivity index is 1.23. The molecule has 9 nitrogen and oxygen atoms in total. The third kappa shape index (κ3) is 5.33. The second-order valence-electron chi connectivity index (χ2n) is 7.44. The predicted molar refractivity (Wildman–Crippen MR) is 116 cm³/mol. The van der Waals surface area contributed by atoms with Crippen LogP contribution in [-0.4, -0.2) is 72.8 Å². The number of nitrogens with one attached hydrogen (secondary N) is 1. The van der Waals surface area contributed by atoms with Crippen LogP contribution in [0.2, 0.25) is 0 Å². The van der Waals surface area contributed by atoms with Crippen LogP contribution in [0.25, 0.3) is 0 Å². The van der Waals surface area contributed by atoms with Gasteiger partial charge in [0.1, 0.15) is 4.88 Å². The third-order valence-corrected chi connectivity index (χ3v) is 6.23. The van der Waals surface area contributed by atoms with E-state index in [1.54, 1.807) is 13.8 Å². The second-order valence-corrected chi connectivity index (χ2v) is 8.44. The average molecular weight is 447 g/mol. The maximum atomic E-state index is 12.4. The number of carbonyl (C=O) groups is 2. The Labute approximate surface area is 184 Å². The molecule has 2 aliphatic rings. The number of fused-ring (bicyclic) bond motifs is 1. The number of esters is 1. The van der Waals surface area contributed by atoms with E-state index in [0.29, 0.717) is 28.9 Å². The highest BCUT2D eigenvalue weighted by Gasteiger charge is 2.22. The summed E-state index contributed by atoms with van der Waals surface area (Å²) in [4.78, 5) is 33.5. The molecule has 1 amide bonds. The van der Waals surface area contributed by atoms with Crippen LogP contribution in [-0.2, 0) is 16.1 Å². The molecular weight excluding hydrogens is 420 g/mol. The summed E-state index contributed by atoms with van der Waals surface area (Å²) in [6.07, 6.45) is 0. The average Bonchev–Trinajstić information content (AvgIpc) is 3.35. The van der Waals surface area contributed by atoms with Crippen LogP contribution >= 0.6 is 11.3 Å². The zero-order valence-corrected chi connectivity index (χ0v) is 18.5. The van der Waals surface area contributed by atoms with Gasteiger partial charge in [0.2, 0.25) is 12.7 Å². The van der Waals surface area contributed by atoms with Crippen molar-refractivity contribution >= 4 is 28.3 Å². The van der Waals surface area contributed by atoms with Crippen LogP contribution < -0.4 is 14.8 Å². The smallest absolute Gasteiger partial charge is 0.350 e. The number of piperazine rings is 1. The van der Waals surface area contributed by atoms with Gasteiger partial charge in [-0.15, -0.1) is 0 Å². The molecule has 0 radical (unpaired) electrons. The van der Waals surface area contributed by atoms with Crippen LogP contribution in [0.3, 0.4) is 0 Å². The van der Waals surface area contributed by atoms with Crippen molar-refractivity contribution in [3.63, 3.8) is 0 Å². The van der Waals surface area contributed by atoms with Crippen molar-refractivity contribution in [1.82, 2.24) is 14.8 Å². The van der Waals surface area contributed by atoms with Crippen molar-refractivity contribution in [3.8, 4) is 11.5 Å². The Morgan fingerprint density at radius 2 is 1.90 bits per heavy atom. The first-order valence-electron chi connectivity index (χ1n) is 10.3. The number of aromatic nitrogens is 1. The summed E-state index contributed by atoms with van der Waals surface area (Å²) in [6, 6.07) is 6.04. The number of carbonyl (C=O) groups excluding carboxylic acids is 2. The van der Waals surface area contributed by atoms with Gasteiger partial charge >= 0.3 is 5.97 Å². The van der Waals surface area contributed by atoms with Crippen LogP contribution in [0.15, 0.2) is 18.2 Å². The Hall–Kier alpha value is -2.69. The third-order valence-electron chi connectivity index (χ3n) is 5.18. The first kappa shape index (κ1) is 21.5. The summed E-state index contributed by atoms with van der Waals surface area (Å²) in [6.45, 7) is 8.59. The molecule has 0 atom stereocenters. The molecule has 3 heterocycles. The zero-order valence-electron chi connectivity index (χ0n) is 17.7. The molecule has 1 fully saturated rings. The van der Waals surface area contributed by atoms with Gasteiger partial charge in [-0.1, -0.05) is 17.4 Å². The maximum Gasteiger partial charge on any atom is 0.350 e. The molecule has 166 valence electrons. The highest BCUT2D eigenvalue weighted by molar-refractivity contribution is 7.17. The molecule has 10 heteroatoms. The van der Waals surface area contributed by atoms with Gasteiger partial charge in [0.05, 0.1) is 18.8 Å². The van der Waals surface area contributed by atoms with Crippen molar-refractivity contribution in [3.05, 3.63) is 34.3 Å². The minimum absolute atomic E-state index is 0.131. The van der Waals surface area contributed by atoms with E-state index in [1.807, 2.05) is 12.1 Å². The second kappa shape index (κ2) is 9.63. The summed E-state index contributed by atoms with van der Waals surface area (Å²) in [7, 11) is 0. The number of benzene rings is 1. The summed E-state index contributed by atoms with van der Waals surface area (Å²) >= 11 is 1.14. The van der Waals surface area contributed by atoms with Crippen LogP contribution in [0.1, 0.15) is 27.9 Å². The van der Waals surface area contributed by atoms with Gasteiger partial charge in [0, 0.05) is 32.7 Å². The van der Waals surface area contributed by atoms with E-state index >= 15 is 0 Å². The Morgan fingerprint density at radius 3 is 2.68 bits per heavy atom. The molecule has 2 aliphatic heterocycles. The SMILES string of the molecule is CCOC(=O)c1sc(NC(=O)CN2CCN(Cc3ccc4c(c3)OCO4)CC2)nc1C. The maximum absolute atomic E-state index is 12.4. The molecule has 1 N–H and O–H groups in total. The fraction of sp³-hybridized carbons (Fsp3) is 0.476. The summed E-state index contributed by atoms with van der Waals surface area (Å²) in [5.74, 6) is 1.06. The van der Waals surface area contributed by atoms with Gasteiger partial charge in [-0.2, -0.15) is 0 Å². The summed E-state index contributed by atoms with van der Waals surface area (Å²) in [5.41, 5.74) is 1.75. The van der Waals surface area contributed by atoms with Crippen LogP contribution in [0.5, 0.6) is 11.5 Å². The first-order chi connectivity index (χ1) is 15.0. The van der Waals surface area contributed by atoms with Gasteiger partial charge in [-0.05, 0) is 31.5 Å². The van der Waals surface area contributed by atoms with Crippen LogP contribution in [0, 0.1) is 6.92 Å². The van der Waals surface area contributed by atoms with Gasteiger partial charge < -0.3 is 19.5 Å².